The second-order valence-electron chi connectivity index (χ2n) is 11.5. The van der Waals surface area contributed by atoms with Crippen molar-refractivity contribution in [2.75, 3.05) is 31.1 Å². The first kappa shape index (κ1) is 38.8. The molecule has 0 unspecified atom stereocenters. The molecule has 1 aromatic heterocycles. The third-order valence-corrected chi connectivity index (χ3v) is 6.70. The predicted molar refractivity (Wildman–Crippen MR) is 189 cm³/mol. The highest BCUT2D eigenvalue weighted by atomic mass is 16.6. The molecule has 1 aliphatic heterocycles. The van der Waals surface area contributed by atoms with E-state index in [9.17, 15) is 4.79 Å². The van der Waals surface area contributed by atoms with Crippen LogP contribution in [-0.2, 0) is 4.74 Å². The van der Waals surface area contributed by atoms with Gasteiger partial charge in [0, 0.05) is 31.7 Å². The number of piperazine rings is 1. The van der Waals surface area contributed by atoms with E-state index in [0.717, 1.165) is 59.5 Å². The van der Waals surface area contributed by atoms with E-state index in [2.05, 4.69) is 59.6 Å². The van der Waals surface area contributed by atoms with Crippen molar-refractivity contribution in [1.82, 2.24) is 14.9 Å². The summed E-state index contributed by atoms with van der Waals surface area (Å²) in [6.45, 7) is 24.5. The highest BCUT2D eigenvalue weighted by Crippen LogP contribution is 2.32. The highest BCUT2D eigenvalue weighted by Gasteiger charge is 2.28. The Morgan fingerprint density at radius 3 is 2.24 bits per heavy atom. The zero-order valence-corrected chi connectivity index (χ0v) is 29.2. The molecule has 244 valence electrons. The number of nitrogens with zero attached hydrogens (tertiary/aromatic N) is 5. The highest BCUT2D eigenvalue weighted by molar-refractivity contribution is 5.86. The maximum absolute atomic E-state index is 12.4. The normalized spacial score (nSPS) is 13.7. The number of carbonyl (C=O) groups is 1. The summed E-state index contributed by atoms with van der Waals surface area (Å²) < 4.78 is 5.51. The summed E-state index contributed by atoms with van der Waals surface area (Å²) in [7, 11) is 0. The second-order valence-corrected chi connectivity index (χ2v) is 11.5. The monoisotopic (exact) mass is 613 g/mol. The Morgan fingerprint density at radius 1 is 1.07 bits per heavy atom. The summed E-state index contributed by atoms with van der Waals surface area (Å²) >= 11 is 0. The van der Waals surface area contributed by atoms with Crippen LogP contribution in [0.2, 0.25) is 0 Å². The van der Waals surface area contributed by atoms with Crippen molar-refractivity contribution in [3.8, 4) is 6.07 Å². The number of carbonyl (C=O) groups excluding carboxylic acids is 1. The van der Waals surface area contributed by atoms with Crippen molar-refractivity contribution in [3.05, 3.63) is 95.5 Å². The predicted octanol–water partition coefficient (Wildman–Crippen LogP) is 9.47. The quantitative estimate of drug-likeness (QED) is 0.207. The molecule has 0 N–H and O–H groups in total. The molecule has 1 saturated heterocycles. The topological polar surface area (TPSA) is 82.3 Å². The fourth-order valence-corrected chi connectivity index (χ4v) is 4.62. The number of rotatable bonds is 9. The number of amides is 1. The number of ether oxygens (including phenoxy) is 1. The Hall–Kier alpha value is -4.18. The molecule has 0 atom stereocenters. The number of aryl methyl sites for hydroxylation is 1. The smallest absolute Gasteiger partial charge is 0.410 e. The van der Waals surface area contributed by atoms with Crippen LogP contribution in [0.3, 0.4) is 0 Å². The lowest BCUT2D eigenvalue weighted by atomic mass is 9.96. The molecule has 1 aliphatic rings. The van der Waals surface area contributed by atoms with Gasteiger partial charge in [-0.3, -0.25) is 0 Å². The molecule has 3 rings (SSSR count). The lowest BCUT2D eigenvalue weighted by Gasteiger charge is -2.37. The molecule has 2 aromatic rings. The van der Waals surface area contributed by atoms with Crippen LogP contribution in [0.25, 0.3) is 5.57 Å². The number of nitriles is 1. The van der Waals surface area contributed by atoms with Crippen molar-refractivity contribution >= 4 is 17.5 Å². The molecule has 0 saturated carbocycles. The molecule has 1 fully saturated rings. The summed E-state index contributed by atoms with van der Waals surface area (Å²) in [5, 5.41) is 8.83. The third kappa shape index (κ3) is 13.6. The van der Waals surface area contributed by atoms with E-state index in [4.69, 9.17) is 10.00 Å². The Bertz CT molecular complexity index is 1320. The van der Waals surface area contributed by atoms with Gasteiger partial charge in [-0.15, -0.1) is 0 Å². The maximum Gasteiger partial charge on any atom is 0.410 e. The van der Waals surface area contributed by atoms with Crippen LogP contribution in [0.1, 0.15) is 97.9 Å². The summed E-state index contributed by atoms with van der Waals surface area (Å²) in [6.07, 6.45) is 13.4. The van der Waals surface area contributed by atoms with E-state index in [1.165, 1.54) is 0 Å². The lowest BCUT2D eigenvalue weighted by molar-refractivity contribution is 0.0240. The van der Waals surface area contributed by atoms with Crippen molar-refractivity contribution in [2.24, 2.45) is 0 Å². The van der Waals surface area contributed by atoms with Gasteiger partial charge in [-0.2, -0.15) is 5.26 Å². The molecule has 0 radical (unpaired) electrons. The Morgan fingerprint density at radius 2 is 1.71 bits per heavy atom. The van der Waals surface area contributed by atoms with Crippen LogP contribution < -0.4 is 4.90 Å². The summed E-state index contributed by atoms with van der Waals surface area (Å²) in [4.78, 5) is 25.4. The average molecular weight is 614 g/mol. The minimum atomic E-state index is -0.484. The number of unbranched alkanes of at least 4 members (excludes halogenated alkanes) is 1. The zero-order valence-electron chi connectivity index (χ0n) is 29.2. The summed E-state index contributed by atoms with van der Waals surface area (Å²) in [6, 6.07) is 12.5. The van der Waals surface area contributed by atoms with Gasteiger partial charge in [-0.05, 0) is 70.7 Å². The van der Waals surface area contributed by atoms with Crippen LogP contribution in [0, 0.1) is 18.3 Å². The third-order valence-electron chi connectivity index (χ3n) is 6.70. The van der Waals surface area contributed by atoms with Gasteiger partial charge in [0.2, 0.25) is 0 Å². The van der Waals surface area contributed by atoms with Crippen LogP contribution in [0.4, 0.5) is 10.6 Å². The SMILES string of the molecule is C/C=C(/c1ccccc1)c1c(C)ncnc1N1CCN(C(=O)OC(C)(C)C)CC1.C=C(/C=C(C#N)\C=C/CCC)CCC.CC. The Labute approximate surface area is 273 Å². The molecule has 0 spiro atoms. The summed E-state index contributed by atoms with van der Waals surface area (Å²) in [5.41, 5.74) is 5.51. The van der Waals surface area contributed by atoms with Crippen LogP contribution in [-0.4, -0.2) is 52.7 Å². The zero-order chi connectivity index (χ0) is 33.8. The molecule has 1 aromatic carbocycles. The average Bonchev–Trinajstić information content (AvgIpc) is 3.03. The molecule has 7 nitrogen and oxygen atoms in total. The van der Waals surface area contributed by atoms with Gasteiger partial charge in [-0.25, -0.2) is 14.8 Å². The molecule has 2 heterocycles. The van der Waals surface area contributed by atoms with Gasteiger partial charge in [0.1, 0.15) is 17.7 Å². The minimum absolute atomic E-state index is 0.255. The fourth-order valence-electron chi connectivity index (χ4n) is 4.62. The number of benzene rings is 1. The van der Waals surface area contributed by atoms with E-state index >= 15 is 0 Å². The molecule has 0 bridgehead atoms. The molecule has 0 aliphatic carbocycles. The minimum Gasteiger partial charge on any atom is -0.444 e. The fraction of sp³-hybridized carbons (Fsp3) is 0.474. The Kier molecular flexibility index (Phi) is 17.9. The van der Waals surface area contributed by atoms with E-state index in [-0.39, 0.29) is 6.09 Å². The van der Waals surface area contributed by atoms with Gasteiger partial charge in [0.25, 0.3) is 0 Å². The summed E-state index contributed by atoms with van der Waals surface area (Å²) in [5.74, 6) is 0.915. The van der Waals surface area contributed by atoms with Gasteiger partial charge in [-0.1, -0.05) is 95.2 Å². The number of allylic oxidation sites excluding steroid dienone is 6. The maximum atomic E-state index is 12.4. The molecular formula is C38H55N5O2. The number of anilines is 1. The standard InChI is InChI=1S/C23H30N4O2.C13H19N.C2H6/c1-6-19(18-10-8-7-9-11-18)20-17(2)24-16-25-21(20)26-12-14-27(15-13-26)22(28)29-23(3,4)5;1-4-6-7-9-13(11-14)10-12(3)8-5-2;1-2/h6-11,16H,12-15H2,1-5H3;7,9-10H,3-6,8H2,1-2H3;1-2H3/b19-6-;9-7-,13-10+;. The van der Waals surface area contributed by atoms with Gasteiger partial charge in [0.05, 0.1) is 17.3 Å². The molecule has 7 heteroatoms. The first-order valence-corrected chi connectivity index (χ1v) is 16.3. The Balaban J connectivity index is 0.000000536. The largest absolute Gasteiger partial charge is 0.444 e. The van der Waals surface area contributed by atoms with E-state index in [1.54, 1.807) is 11.2 Å². The number of aromatic nitrogens is 2. The van der Waals surface area contributed by atoms with Gasteiger partial charge in [0.15, 0.2) is 0 Å². The van der Waals surface area contributed by atoms with Crippen molar-refractivity contribution in [1.29, 1.82) is 5.26 Å². The van der Waals surface area contributed by atoms with Crippen LogP contribution >= 0.6 is 0 Å². The number of hydrogen-bond donors (Lipinski definition) is 0. The van der Waals surface area contributed by atoms with Crippen molar-refractivity contribution < 1.29 is 9.53 Å². The van der Waals surface area contributed by atoms with E-state index in [1.807, 2.05) is 84.9 Å². The van der Waals surface area contributed by atoms with E-state index < -0.39 is 5.60 Å². The van der Waals surface area contributed by atoms with Crippen LogP contribution in [0.5, 0.6) is 0 Å². The van der Waals surface area contributed by atoms with Gasteiger partial charge < -0.3 is 14.5 Å². The molecule has 45 heavy (non-hydrogen) atoms. The first-order valence-electron chi connectivity index (χ1n) is 16.3. The van der Waals surface area contributed by atoms with E-state index in [0.29, 0.717) is 31.8 Å². The van der Waals surface area contributed by atoms with Crippen molar-refractivity contribution in [2.45, 2.75) is 93.6 Å². The second kappa shape index (κ2) is 20.7. The number of hydrogen-bond acceptors (Lipinski definition) is 6. The lowest BCUT2D eigenvalue weighted by Crippen LogP contribution is -2.50. The van der Waals surface area contributed by atoms with Gasteiger partial charge >= 0.3 is 6.09 Å². The molecular weight excluding hydrogens is 558 g/mol. The first-order chi connectivity index (χ1) is 21.5. The van der Waals surface area contributed by atoms with Crippen molar-refractivity contribution in [3.63, 3.8) is 0 Å². The van der Waals surface area contributed by atoms with Crippen LogP contribution in [0.15, 0.2) is 78.7 Å². The molecule has 1 amide bonds.